The molecule has 11 heteroatoms. The van der Waals surface area contributed by atoms with Crippen molar-refractivity contribution in [1.82, 2.24) is 4.90 Å². The number of rotatable bonds is 4. The van der Waals surface area contributed by atoms with Gasteiger partial charge in [0, 0.05) is 23.6 Å². The van der Waals surface area contributed by atoms with Crippen LogP contribution in [0.3, 0.4) is 0 Å². The zero-order valence-electron chi connectivity index (χ0n) is 20.0. The first-order valence-electron chi connectivity index (χ1n) is 11.4. The van der Waals surface area contributed by atoms with Gasteiger partial charge in [-0.15, -0.1) is 0 Å². The van der Waals surface area contributed by atoms with Crippen molar-refractivity contribution in [3.8, 4) is 5.75 Å². The van der Waals surface area contributed by atoms with Crippen molar-refractivity contribution >= 4 is 29.5 Å². The van der Waals surface area contributed by atoms with E-state index in [0.717, 1.165) is 0 Å². The highest BCUT2D eigenvalue weighted by molar-refractivity contribution is 6.16. The summed E-state index contributed by atoms with van der Waals surface area (Å²) in [7, 11) is 4.40. The molecule has 1 aromatic rings. The molecular weight excluding hydrogens is 472 g/mol. The molecule has 0 bridgehead atoms. The van der Waals surface area contributed by atoms with Gasteiger partial charge in [0.05, 0.1) is 18.8 Å². The maximum Gasteiger partial charge on any atom is 0.330 e. The number of likely N-dealkylation sites (N-methyl/N-ethyl adjacent to an activating group) is 1. The Morgan fingerprint density at radius 3 is 2.47 bits per heavy atom. The van der Waals surface area contributed by atoms with E-state index in [1.54, 1.807) is 14.1 Å². The van der Waals surface area contributed by atoms with Crippen LogP contribution in [0.2, 0.25) is 0 Å². The number of hydrogen-bond donors (Lipinski definition) is 5. The van der Waals surface area contributed by atoms with Crippen LogP contribution in [0.5, 0.6) is 5.75 Å². The van der Waals surface area contributed by atoms with Crippen LogP contribution in [-0.2, 0) is 25.5 Å². The van der Waals surface area contributed by atoms with Gasteiger partial charge in [0.15, 0.2) is 17.2 Å². The Morgan fingerprint density at radius 2 is 1.89 bits per heavy atom. The molecular formula is C25H28N2O9. The van der Waals surface area contributed by atoms with Crippen LogP contribution >= 0.6 is 0 Å². The predicted molar refractivity (Wildman–Crippen MR) is 125 cm³/mol. The van der Waals surface area contributed by atoms with E-state index in [4.69, 9.17) is 5.73 Å². The third kappa shape index (κ3) is 3.54. The van der Waals surface area contributed by atoms with E-state index in [-0.39, 0.29) is 29.7 Å². The van der Waals surface area contributed by atoms with E-state index in [1.807, 2.05) is 0 Å². The number of benzene rings is 1. The largest absolute Gasteiger partial charge is 0.508 e. The number of aliphatic hydroxyl groups is 3. The molecule has 36 heavy (non-hydrogen) atoms. The molecule has 6 N–H and O–H groups in total. The Hall–Kier alpha value is -3.54. The minimum atomic E-state index is -2.63. The van der Waals surface area contributed by atoms with E-state index in [1.165, 1.54) is 36.3 Å². The van der Waals surface area contributed by atoms with Crippen LogP contribution in [-0.4, -0.2) is 87.7 Å². The molecule has 0 spiro atoms. The molecule has 3 aliphatic carbocycles. The van der Waals surface area contributed by atoms with Gasteiger partial charge in [0.1, 0.15) is 17.4 Å². The lowest BCUT2D eigenvalue weighted by Crippen LogP contribution is -2.71. The average Bonchev–Trinajstić information content (AvgIpc) is 2.80. The van der Waals surface area contributed by atoms with Crippen LogP contribution in [0.1, 0.15) is 27.9 Å². The lowest BCUT2D eigenvalue weighted by molar-refractivity contribution is -0.178. The SMILES string of the molecule is COC(=O)/C=C/c1ccc(O)c2c1C[C@H]1C[C@H]3[C@H](N(C)C)C(O)C(C(N)=O)C(=O)[C@@]3(O)C(O)=C1C2=O. The third-order valence-electron chi connectivity index (χ3n) is 7.61. The molecule has 192 valence electrons. The number of phenolic OH excluding ortho intramolecular Hbond substituents is 1. The number of aliphatic hydroxyl groups excluding tert-OH is 2. The monoisotopic (exact) mass is 500 g/mol. The van der Waals surface area contributed by atoms with Gasteiger partial charge in [-0.2, -0.15) is 0 Å². The molecule has 1 amide bonds. The molecule has 6 atom stereocenters. The molecule has 0 aliphatic heterocycles. The number of carbonyl (C=O) groups is 4. The average molecular weight is 501 g/mol. The number of allylic oxidation sites excluding steroid dienone is 1. The summed E-state index contributed by atoms with van der Waals surface area (Å²) in [6.45, 7) is 0. The van der Waals surface area contributed by atoms with Gasteiger partial charge in [-0.3, -0.25) is 14.4 Å². The van der Waals surface area contributed by atoms with Crippen LogP contribution < -0.4 is 5.73 Å². The maximum absolute atomic E-state index is 13.6. The third-order valence-corrected chi connectivity index (χ3v) is 7.61. The lowest BCUT2D eigenvalue weighted by Gasteiger charge is -2.53. The van der Waals surface area contributed by atoms with Crippen LogP contribution in [0.4, 0.5) is 0 Å². The highest BCUT2D eigenvalue weighted by Crippen LogP contribution is 2.52. The number of esters is 1. The fourth-order valence-electron chi connectivity index (χ4n) is 6.01. The van der Waals surface area contributed by atoms with Crippen molar-refractivity contribution < 1.29 is 44.3 Å². The van der Waals surface area contributed by atoms with Crippen LogP contribution in [0.15, 0.2) is 29.5 Å². The standard InChI is InChI=1S/C25H28N2O9/c1-27(2)19-13-9-11-8-12-10(5-7-15(29)36-3)4-6-14(28)17(12)20(30)16(11)22(32)25(13,35)23(33)18(21(19)31)24(26)34/h4-7,11,13,18-19,21,28,31-32,35H,8-9H2,1-3H3,(H2,26,34)/b7-5+/t11-,13-,18?,19-,21?,25-/m0/s1. The molecule has 11 nitrogen and oxygen atoms in total. The smallest absolute Gasteiger partial charge is 0.330 e. The first kappa shape index (κ1) is 25.5. The van der Waals surface area contributed by atoms with Gasteiger partial charge in [0.25, 0.3) is 0 Å². The van der Waals surface area contributed by atoms with Crippen molar-refractivity contribution in [2.45, 2.75) is 30.6 Å². The number of carbonyl (C=O) groups excluding carboxylic acids is 4. The molecule has 0 radical (unpaired) electrons. The van der Waals surface area contributed by atoms with Gasteiger partial charge < -0.3 is 35.8 Å². The Morgan fingerprint density at radius 1 is 1.22 bits per heavy atom. The number of primary amides is 1. The summed E-state index contributed by atoms with van der Waals surface area (Å²) in [4.78, 5) is 52.1. The zero-order chi connectivity index (χ0) is 26.7. The molecule has 2 unspecified atom stereocenters. The molecule has 4 rings (SSSR count). The second-order valence-electron chi connectivity index (χ2n) is 9.67. The van der Waals surface area contributed by atoms with E-state index < -0.39 is 64.7 Å². The minimum Gasteiger partial charge on any atom is -0.508 e. The second kappa shape index (κ2) is 8.84. The Kier molecular flexibility index (Phi) is 6.27. The summed E-state index contributed by atoms with van der Waals surface area (Å²) in [5.74, 6) is -8.56. The predicted octanol–water partition coefficient (Wildman–Crippen LogP) is -0.528. The number of ketones is 2. The van der Waals surface area contributed by atoms with E-state index >= 15 is 0 Å². The van der Waals surface area contributed by atoms with Gasteiger partial charge in [-0.25, -0.2) is 4.79 Å². The van der Waals surface area contributed by atoms with E-state index in [9.17, 15) is 39.6 Å². The summed E-state index contributed by atoms with van der Waals surface area (Å²) >= 11 is 0. The number of phenols is 1. The van der Waals surface area contributed by atoms with Crippen molar-refractivity contribution in [2.75, 3.05) is 21.2 Å². The number of methoxy groups -OCH3 is 1. The fraction of sp³-hybridized carbons (Fsp3) is 0.440. The van der Waals surface area contributed by atoms with Gasteiger partial charge >= 0.3 is 5.97 Å². The Bertz CT molecular complexity index is 1230. The first-order valence-corrected chi connectivity index (χ1v) is 11.4. The summed E-state index contributed by atoms with van der Waals surface area (Å²) in [5, 5.41) is 44.2. The Balaban J connectivity index is 1.91. The summed E-state index contributed by atoms with van der Waals surface area (Å²) in [6, 6.07) is 1.84. The van der Waals surface area contributed by atoms with Crippen molar-refractivity contribution in [3.05, 3.63) is 46.2 Å². The summed E-state index contributed by atoms with van der Waals surface area (Å²) in [6.07, 6.45) is 1.21. The highest BCUT2D eigenvalue weighted by atomic mass is 16.5. The van der Waals surface area contributed by atoms with E-state index in [2.05, 4.69) is 4.74 Å². The fourth-order valence-corrected chi connectivity index (χ4v) is 6.01. The zero-order valence-corrected chi connectivity index (χ0v) is 20.0. The number of nitrogens with zero attached hydrogens (tertiary/aromatic N) is 1. The quantitative estimate of drug-likeness (QED) is 0.204. The molecule has 0 heterocycles. The minimum absolute atomic E-state index is 0.00795. The van der Waals surface area contributed by atoms with Gasteiger partial charge in [0.2, 0.25) is 5.91 Å². The summed E-state index contributed by atoms with van der Waals surface area (Å²) < 4.78 is 4.61. The molecule has 1 saturated carbocycles. The number of amides is 1. The lowest BCUT2D eigenvalue weighted by atomic mass is 9.56. The maximum atomic E-state index is 13.6. The normalized spacial score (nSPS) is 31.8. The Labute approximate surface area is 206 Å². The summed E-state index contributed by atoms with van der Waals surface area (Å²) in [5.41, 5.74) is 3.26. The van der Waals surface area contributed by atoms with Crippen LogP contribution in [0.25, 0.3) is 6.08 Å². The number of ether oxygens (including phenoxy) is 1. The molecule has 1 aromatic carbocycles. The number of aromatic hydroxyl groups is 1. The number of Topliss-reactive ketones (excluding diaryl/α,β-unsaturated/α-hetero) is 2. The first-order chi connectivity index (χ1) is 16.9. The topological polar surface area (TPSA) is 188 Å². The molecule has 0 aromatic heterocycles. The van der Waals surface area contributed by atoms with Crippen molar-refractivity contribution in [2.24, 2.45) is 23.5 Å². The molecule has 1 fully saturated rings. The van der Waals surface area contributed by atoms with Gasteiger partial charge in [-0.05, 0) is 56.1 Å². The van der Waals surface area contributed by atoms with Crippen molar-refractivity contribution in [1.29, 1.82) is 0 Å². The van der Waals surface area contributed by atoms with E-state index in [0.29, 0.717) is 11.1 Å². The highest BCUT2D eigenvalue weighted by Gasteiger charge is 2.66. The second-order valence-corrected chi connectivity index (χ2v) is 9.67. The van der Waals surface area contributed by atoms with Crippen molar-refractivity contribution in [3.63, 3.8) is 0 Å². The number of nitrogens with two attached hydrogens (primary N) is 1. The molecule has 0 saturated heterocycles. The van der Waals surface area contributed by atoms with Crippen LogP contribution in [0, 0.1) is 17.8 Å². The number of fused-ring (bicyclic) bond motifs is 3. The van der Waals surface area contributed by atoms with Gasteiger partial charge in [-0.1, -0.05) is 6.07 Å². The molecule has 3 aliphatic rings. The number of hydrogen-bond acceptors (Lipinski definition) is 10.